The predicted octanol–water partition coefficient (Wildman–Crippen LogP) is 7.45. The van der Waals surface area contributed by atoms with Gasteiger partial charge in [0.1, 0.15) is 28.9 Å². The largest absolute Gasteiger partial charge is 0.444 e. The highest BCUT2D eigenvalue weighted by molar-refractivity contribution is 6.04. The van der Waals surface area contributed by atoms with Gasteiger partial charge in [-0.25, -0.2) is 14.2 Å². The van der Waals surface area contributed by atoms with Crippen LogP contribution in [0.3, 0.4) is 0 Å². The second kappa shape index (κ2) is 12.6. The minimum Gasteiger partial charge on any atom is -0.444 e. The Morgan fingerprint density at radius 1 is 1.00 bits per heavy atom. The lowest BCUT2D eigenvalue weighted by Gasteiger charge is -2.23. The van der Waals surface area contributed by atoms with Crippen LogP contribution in [0.5, 0.6) is 0 Å². The van der Waals surface area contributed by atoms with Crippen LogP contribution < -0.4 is 10.6 Å². The molecule has 222 valence electrons. The van der Waals surface area contributed by atoms with Gasteiger partial charge in [-0.3, -0.25) is 9.78 Å². The molecular formula is C32H29FN8O3. The molecule has 5 rings (SSSR count). The van der Waals surface area contributed by atoms with E-state index >= 15 is 0 Å². The maximum absolute atomic E-state index is 13.7. The number of fused-ring (bicyclic) bond motifs is 1. The van der Waals surface area contributed by atoms with Gasteiger partial charge in [0.25, 0.3) is 0 Å². The number of nitrogens with zero attached hydrogens (tertiary/aromatic N) is 5. The maximum atomic E-state index is 13.7. The van der Waals surface area contributed by atoms with Gasteiger partial charge in [-0.1, -0.05) is 29.4 Å². The van der Waals surface area contributed by atoms with E-state index in [1.54, 1.807) is 75.6 Å². The molecule has 5 aromatic rings. The number of carbonyl (C=O) groups is 2. The van der Waals surface area contributed by atoms with Crippen molar-refractivity contribution in [2.75, 3.05) is 5.32 Å². The average molecular weight is 593 g/mol. The number of ether oxygens (including phenoxy) is 1. The standard InChI is InChI=1S/C32H29FN8O3/c1-32(2,3)44-31(43)36-25(18-19-4-10-23(11-5-19)40-41-34)30(42)38-26-13-12-24-27(20-14-16-35-17-15-20)28(39-29(24)37-26)21-6-8-22(33)9-7-21/h4-17,25H,18H2,1-3H3,(H,36,43)(H2,37,38,39,42)/t25-/m0/s1. The Balaban J connectivity index is 1.46. The summed E-state index contributed by atoms with van der Waals surface area (Å²) in [6.07, 6.45) is 2.76. The van der Waals surface area contributed by atoms with Crippen molar-refractivity contribution < 1.29 is 18.7 Å². The third kappa shape index (κ3) is 7.18. The Labute approximate surface area is 252 Å². The van der Waals surface area contributed by atoms with E-state index in [9.17, 15) is 14.0 Å². The lowest BCUT2D eigenvalue weighted by Crippen LogP contribution is -2.47. The number of carbonyl (C=O) groups excluding carboxylic acids is 2. The highest BCUT2D eigenvalue weighted by Crippen LogP contribution is 2.38. The van der Waals surface area contributed by atoms with Crippen LogP contribution in [0.1, 0.15) is 26.3 Å². The molecule has 2 aromatic carbocycles. The highest BCUT2D eigenvalue weighted by Gasteiger charge is 2.26. The number of amides is 2. The van der Waals surface area contributed by atoms with Crippen molar-refractivity contribution in [2.45, 2.75) is 38.8 Å². The zero-order valence-corrected chi connectivity index (χ0v) is 24.2. The molecule has 0 fully saturated rings. The number of alkyl carbamates (subject to hydrolysis) is 1. The number of anilines is 1. The number of hydrogen-bond acceptors (Lipinski definition) is 6. The SMILES string of the molecule is CC(C)(C)OC(=O)N[C@@H](Cc1ccc(N=[N+]=[N-])cc1)C(=O)Nc1ccc2c(-c3ccncc3)c(-c3ccc(F)cc3)[nH]c2n1. The number of nitrogens with one attached hydrogen (secondary N) is 3. The average Bonchev–Trinajstić information content (AvgIpc) is 3.36. The molecule has 3 heterocycles. The van der Waals surface area contributed by atoms with E-state index in [4.69, 9.17) is 10.3 Å². The second-order valence-corrected chi connectivity index (χ2v) is 11.0. The van der Waals surface area contributed by atoms with Gasteiger partial charge in [0.15, 0.2) is 0 Å². The summed E-state index contributed by atoms with van der Waals surface area (Å²) in [5.74, 6) is -0.605. The van der Waals surface area contributed by atoms with Crippen molar-refractivity contribution in [3.05, 3.63) is 107 Å². The Morgan fingerprint density at radius 2 is 1.70 bits per heavy atom. The Bertz CT molecular complexity index is 1840. The van der Waals surface area contributed by atoms with Crippen molar-refractivity contribution in [3.8, 4) is 22.4 Å². The summed E-state index contributed by atoms with van der Waals surface area (Å²) in [5.41, 5.74) is 12.8. The van der Waals surface area contributed by atoms with E-state index in [0.29, 0.717) is 11.3 Å². The van der Waals surface area contributed by atoms with Crippen LogP contribution in [0.15, 0.2) is 90.3 Å². The van der Waals surface area contributed by atoms with Crippen LogP contribution in [0.4, 0.5) is 20.7 Å². The molecular weight excluding hydrogens is 563 g/mol. The molecule has 0 aliphatic carbocycles. The molecule has 3 aromatic heterocycles. The molecule has 2 amide bonds. The summed E-state index contributed by atoms with van der Waals surface area (Å²) in [6, 6.07) is 19.0. The van der Waals surface area contributed by atoms with Gasteiger partial charge in [-0.05, 0) is 91.5 Å². The first-order valence-corrected chi connectivity index (χ1v) is 13.7. The van der Waals surface area contributed by atoms with Crippen LogP contribution in [-0.2, 0) is 16.0 Å². The minimum absolute atomic E-state index is 0.132. The van der Waals surface area contributed by atoms with Crippen LogP contribution in [-0.4, -0.2) is 38.6 Å². The third-order valence-electron chi connectivity index (χ3n) is 6.55. The van der Waals surface area contributed by atoms with E-state index in [-0.39, 0.29) is 18.1 Å². The number of halogens is 1. The Hall–Kier alpha value is -5.74. The Kier molecular flexibility index (Phi) is 8.54. The zero-order valence-electron chi connectivity index (χ0n) is 24.2. The molecule has 0 aliphatic heterocycles. The van der Waals surface area contributed by atoms with Gasteiger partial charge in [-0.2, -0.15) is 0 Å². The van der Waals surface area contributed by atoms with E-state index in [1.807, 2.05) is 18.2 Å². The van der Waals surface area contributed by atoms with E-state index < -0.39 is 23.6 Å². The fourth-order valence-corrected chi connectivity index (χ4v) is 4.65. The van der Waals surface area contributed by atoms with Crippen LogP contribution in [0.25, 0.3) is 43.9 Å². The second-order valence-electron chi connectivity index (χ2n) is 11.0. The zero-order chi connectivity index (χ0) is 31.3. The summed E-state index contributed by atoms with van der Waals surface area (Å²) in [6.45, 7) is 5.18. The molecule has 0 saturated heterocycles. The third-order valence-corrected chi connectivity index (χ3v) is 6.55. The van der Waals surface area contributed by atoms with E-state index in [0.717, 1.165) is 33.3 Å². The maximum Gasteiger partial charge on any atom is 0.408 e. The molecule has 0 unspecified atom stereocenters. The molecule has 3 N–H and O–H groups in total. The van der Waals surface area contributed by atoms with Gasteiger partial charge >= 0.3 is 6.09 Å². The molecule has 0 bridgehead atoms. The lowest BCUT2D eigenvalue weighted by atomic mass is 10.00. The first-order chi connectivity index (χ1) is 21.1. The molecule has 0 radical (unpaired) electrons. The van der Waals surface area contributed by atoms with Crippen molar-refractivity contribution in [1.29, 1.82) is 0 Å². The summed E-state index contributed by atoms with van der Waals surface area (Å²) in [7, 11) is 0. The molecule has 12 heteroatoms. The number of pyridine rings is 2. The normalized spacial score (nSPS) is 11.8. The van der Waals surface area contributed by atoms with Gasteiger partial charge in [0, 0.05) is 40.4 Å². The number of H-pyrrole nitrogens is 1. The van der Waals surface area contributed by atoms with Gasteiger partial charge in [0.05, 0.1) is 5.69 Å². The van der Waals surface area contributed by atoms with E-state index in [1.165, 1.54) is 12.1 Å². The highest BCUT2D eigenvalue weighted by atomic mass is 19.1. The topological polar surface area (TPSA) is 158 Å². The summed E-state index contributed by atoms with van der Waals surface area (Å²) in [4.78, 5) is 41.0. The van der Waals surface area contributed by atoms with Crippen LogP contribution in [0, 0.1) is 5.82 Å². The van der Waals surface area contributed by atoms with E-state index in [2.05, 4.69) is 35.6 Å². The number of aromatic amines is 1. The fraction of sp³-hybridized carbons (Fsp3) is 0.188. The van der Waals surface area contributed by atoms with Crippen molar-refractivity contribution in [2.24, 2.45) is 5.11 Å². The monoisotopic (exact) mass is 592 g/mol. The fourth-order valence-electron chi connectivity index (χ4n) is 4.65. The predicted molar refractivity (Wildman–Crippen MR) is 165 cm³/mol. The van der Waals surface area contributed by atoms with Gasteiger partial charge in [0.2, 0.25) is 5.91 Å². The van der Waals surface area contributed by atoms with Gasteiger partial charge < -0.3 is 20.4 Å². The lowest BCUT2D eigenvalue weighted by molar-refractivity contribution is -0.118. The first-order valence-electron chi connectivity index (χ1n) is 13.7. The van der Waals surface area contributed by atoms with Crippen molar-refractivity contribution >= 4 is 34.5 Å². The van der Waals surface area contributed by atoms with Crippen molar-refractivity contribution in [1.82, 2.24) is 20.3 Å². The quantitative estimate of drug-likeness (QED) is 0.0968. The van der Waals surface area contributed by atoms with Crippen molar-refractivity contribution in [3.63, 3.8) is 0 Å². The molecule has 0 aliphatic rings. The first kappa shape index (κ1) is 29.7. The van der Waals surface area contributed by atoms with Gasteiger partial charge in [-0.15, -0.1) is 0 Å². The Morgan fingerprint density at radius 3 is 2.36 bits per heavy atom. The number of hydrogen-bond donors (Lipinski definition) is 3. The molecule has 1 atom stereocenters. The number of azide groups is 1. The minimum atomic E-state index is -1.02. The molecule has 11 nitrogen and oxygen atoms in total. The molecule has 0 saturated carbocycles. The number of aromatic nitrogens is 3. The number of benzene rings is 2. The molecule has 0 spiro atoms. The smallest absolute Gasteiger partial charge is 0.408 e. The van der Waals surface area contributed by atoms with Crippen LogP contribution in [0.2, 0.25) is 0 Å². The van der Waals surface area contributed by atoms with Crippen LogP contribution >= 0.6 is 0 Å². The number of rotatable bonds is 8. The summed E-state index contributed by atoms with van der Waals surface area (Å²) >= 11 is 0. The molecule has 44 heavy (non-hydrogen) atoms. The summed E-state index contributed by atoms with van der Waals surface area (Å²) in [5, 5.41) is 9.81. The summed E-state index contributed by atoms with van der Waals surface area (Å²) < 4.78 is 19.1.